The van der Waals surface area contributed by atoms with E-state index in [2.05, 4.69) is 4.98 Å². The number of Topliss-reactive ketones (excluding diaryl/α,β-unsaturated/α-hetero) is 1. The number of aromatic nitrogens is 4. The zero-order valence-electron chi connectivity index (χ0n) is 16.9. The van der Waals surface area contributed by atoms with Crippen molar-refractivity contribution < 1.29 is 14.3 Å². The van der Waals surface area contributed by atoms with Gasteiger partial charge in [0.2, 0.25) is 5.78 Å². The van der Waals surface area contributed by atoms with Crippen molar-refractivity contribution in [3.05, 3.63) is 62.1 Å². The molecule has 0 bridgehead atoms. The van der Waals surface area contributed by atoms with Gasteiger partial charge in [-0.15, -0.1) is 0 Å². The first-order valence-corrected chi connectivity index (χ1v) is 9.03. The number of carbonyl (C=O) groups is 2. The summed E-state index contributed by atoms with van der Waals surface area (Å²) >= 11 is 0. The Morgan fingerprint density at radius 1 is 1.14 bits per heavy atom. The Bertz CT molecular complexity index is 1250. The summed E-state index contributed by atoms with van der Waals surface area (Å²) in [6.07, 6.45) is 0.364. The number of imidazole rings is 1. The molecule has 0 aliphatic heterocycles. The summed E-state index contributed by atoms with van der Waals surface area (Å²) in [6.45, 7) is 4.68. The van der Waals surface area contributed by atoms with E-state index >= 15 is 0 Å². The minimum atomic E-state index is -1.05. The minimum Gasteiger partial charge on any atom is -0.453 e. The fourth-order valence-electron chi connectivity index (χ4n) is 3.08. The van der Waals surface area contributed by atoms with E-state index in [1.165, 1.54) is 29.4 Å². The van der Waals surface area contributed by atoms with Gasteiger partial charge >= 0.3 is 11.7 Å². The fourth-order valence-corrected chi connectivity index (χ4v) is 3.08. The van der Waals surface area contributed by atoms with Gasteiger partial charge in [0.1, 0.15) is 6.54 Å². The maximum Gasteiger partial charge on any atom is 0.333 e. The average Bonchev–Trinajstić information content (AvgIpc) is 3.06. The van der Waals surface area contributed by atoms with E-state index in [0.717, 1.165) is 15.7 Å². The molecule has 0 spiro atoms. The van der Waals surface area contributed by atoms with E-state index < -0.39 is 29.9 Å². The molecular formula is C20H22N4O5. The summed E-state index contributed by atoms with van der Waals surface area (Å²) in [4.78, 5) is 54.0. The molecule has 0 amide bonds. The van der Waals surface area contributed by atoms with Crippen LogP contribution in [0.1, 0.15) is 28.4 Å². The van der Waals surface area contributed by atoms with E-state index in [4.69, 9.17) is 4.74 Å². The van der Waals surface area contributed by atoms with Crippen molar-refractivity contribution in [2.75, 3.05) is 0 Å². The second-order valence-corrected chi connectivity index (χ2v) is 7.06. The first-order valence-electron chi connectivity index (χ1n) is 9.03. The van der Waals surface area contributed by atoms with Crippen LogP contribution in [0.2, 0.25) is 0 Å². The summed E-state index contributed by atoms with van der Waals surface area (Å²) < 4.78 is 8.64. The molecule has 1 unspecified atom stereocenters. The molecule has 1 aromatic carbocycles. The average molecular weight is 398 g/mol. The molecule has 0 saturated carbocycles. The predicted molar refractivity (Wildman–Crippen MR) is 106 cm³/mol. The molecule has 1 atom stereocenters. The first kappa shape index (κ1) is 20.2. The molecule has 3 rings (SSSR count). The molecule has 0 aliphatic carbocycles. The Hall–Kier alpha value is -3.49. The van der Waals surface area contributed by atoms with Gasteiger partial charge in [-0.1, -0.05) is 12.1 Å². The lowest BCUT2D eigenvalue weighted by Crippen LogP contribution is -2.42. The van der Waals surface area contributed by atoms with Gasteiger partial charge in [-0.25, -0.2) is 14.3 Å². The van der Waals surface area contributed by atoms with Crippen molar-refractivity contribution in [3.8, 4) is 0 Å². The van der Waals surface area contributed by atoms with Crippen molar-refractivity contribution >= 4 is 22.9 Å². The highest BCUT2D eigenvalue weighted by molar-refractivity contribution is 6.00. The third-order valence-corrected chi connectivity index (χ3v) is 4.96. The standard InChI is InChI=1S/C20H22N4O5/c1-11-6-7-14(8-12(11)2)17(26)13(3)29-15(25)9-24-19(27)16-18(21-10-22(16)4)23(5)20(24)28/h6-8,10,13H,9H2,1-5H3. The van der Waals surface area contributed by atoms with Gasteiger partial charge in [0.15, 0.2) is 17.3 Å². The highest BCUT2D eigenvalue weighted by Gasteiger charge is 2.22. The smallest absolute Gasteiger partial charge is 0.333 e. The quantitative estimate of drug-likeness (QED) is 0.466. The van der Waals surface area contributed by atoms with Crippen LogP contribution in [0.5, 0.6) is 0 Å². The van der Waals surface area contributed by atoms with Crippen LogP contribution >= 0.6 is 0 Å². The van der Waals surface area contributed by atoms with Crippen LogP contribution in [0.3, 0.4) is 0 Å². The van der Waals surface area contributed by atoms with Crippen LogP contribution in [0.25, 0.3) is 11.2 Å². The highest BCUT2D eigenvalue weighted by atomic mass is 16.5. The van der Waals surface area contributed by atoms with Crippen molar-refractivity contribution in [1.82, 2.24) is 18.7 Å². The Morgan fingerprint density at radius 3 is 2.48 bits per heavy atom. The molecule has 2 heterocycles. The molecule has 0 saturated heterocycles. The van der Waals surface area contributed by atoms with E-state index in [1.54, 1.807) is 19.2 Å². The number of aryl methyl sites for hydroxylation is 4. The zero-order valence-corrected chi connectivity index (χ0v) is 16.9. The highest BCUT2D eigenvalue weighted by Crippen LogP contribution is 2.13. The second-order valence-electron chi connectivity index (χ2n) is 7.06. The van der Waals surface area contributed by atoms with Gasteiger partial charge in [0, 0.05) is 19.7 Å². The number of esters is 1. The first-order chi connectivity index (χ1) is 13.6. The van der Waals surface area contributed by atoms with Gasteiger partial charge < -0.3 is 9.30 Å². The van der Waals surface area contributed by atoms with Gasteiger partial charge in [0.05, 0.1) is 6.33 Å². The molecule has 0 N–H and O–H groups in total. The van der Waals surface area contributed by atoms with Crippen LogP contribution in [0.4, 0.5) is 0 Å². The number of hydrogen-bond acceptors (Lipinski definition) is 6. The normalized spacial score (nSPS) is 12.2. The lowest BCUT2D eigenvalue weighted by Gasteiger charge is -2.14. The molecule has 152 valence electrons. The maximum atomic E-state index is 12.6. The number of nitrogens with zero attached hydrogens (tertiary/aromatic N) is 4. The van der Waals surface area contributed by atoms with Gasteiger partial charge in [-0.05, 0) is 38.0 Å². The van der Waals surface area contributed by atoms with Crippen LogP contribution < -0.4 is 11.2 Å². The zero-order chi connectivity index (χ0) is 21.5. The van der Waals surface area contributed by atoms with Crippen LogP contribution in [-0.2, 0) is 30.2 Å². The van der Waals surface area contributed by atoms with Crippen molar-refractivity contribution in [2.45, 2.75) is 33.4 Å². The number of rotatable bonds is 5. The third kappa shape index (κ3) is 3.63. The Labute approximate surface area is 166 Å². The minimum absolute atomic E-state index is 0.194. The molecule has 0 aliphatic rings. The van der Waals surface area contributed by atoms with E-state index in [9.17, 15) is 19.2 Å². The summed E-state index contributed by atoms with van der Waals surface area (Å²) in [7, 11) is 3.08. The SMILES string of the molecule is Cc1ccc(C(=O)C(C)OC(=O)Cn2c(=O)c3c(ncn3C)n(C)c2=O)cc1C. The van der Waals surface area contributed by atoms with E-state index in [1.807, 2.05) is 19.9 Å². The van der Waals surface area contributed by atoms with Crippen LogP contribution in [0.15, 0.2) is 34.1 Å². The van der Waals surface area contributed by atoms with Gasteiger partial charge in [-0.3, -0.25) is 19.0 Å². The van der Waals surface area contributed by atoms with E-state index in [0.29, 0.717) is 5.56 Å². The Kier molecular flexibility index (Phi) is 5.23. The van der Waals surface area contributed by atoms with Crippen molar-refractivity contribution in [2.24, 2.45) is 14.1 Å². The Balaban J connectivity index is 1.83. The number of ketones is 1. The largest absolute Gasteiger partial charge is 0.453 e. The lowest BCUT2D eigenvalue weighted by molar-refractivity contribution is -0.147. The van der Waals surface area contributed by atoms with Gasteiger partial charge in [-0.2, -0.15) is 0 Å². The summed E-state index contributed by atoms with van der Waals surface area (Å²) in [5.41, 5.74) is 1.52. The van der Waals surface area contributed by atoms with Crippen molar-refractivity contribution in [1.29, 1.82) is 0 Å². The number of benzene rings is 1. The molecule has 0 fully saturated rings. The second kappa shape index (κ2) is 7.50. The number of carbonyl (C=O) groups excluding carboxylic acids is 2. The Morgan fingerprint density at radius 2 is 1.83 bits per heavy atom. The number of ether oxygens (including phenoxy) is 1. The van der Waals surface area contributed by atoms with Crippen LogP contribution in [-0.4, -0.2) is 36.5 Å². The topological polar surface area (TPSA) is 105 Å². The third-order valence-electron chi connectivity index (χ3n) is 4.96. The number of fused-ring (bicyclic) bond motifs is 1. The fraction of sp³-hybridized carbons (Fsp3) is 0.350. The summed E-state index contributed by atoms with van der Waals surface area (Å²) in [5.74, 6) is -1.21. The molecule has 9 heteroatoms. The monoisotopic (exact) mass is 398 g/mol. The predicted octanol–water partition coefficient (Wildman–Crippen LogP) is 0.865. The molecular weight excluding hydrogens is 376 g/mol. The van der Waals surface area contributed by atoms with E-state index in [-0.39, 0.29) is 16.9 Å². The molecule has 9 nitrogen and oxygen atoms in total. The lowest BCUT2D eigenvalue weighted by atomic mass is 10.0. The van der Waals surface area contributed by atoms with Gasteiger partial charge in [0.25, 0.3) is 5.56 Å². The molecule has 2 aromatic heterocycles. The van der Waals surface area contributed by atoms with Crippen LogP contribution in [0, 0.1) is 13.8 Å². The molecule has 0 radical (unpaired) electrons. The maximum absolute atomic E-state index is 12.6. The number of hydrogen-bond donors (Lipinski definition) is 0. The summed E-state index contributed by atoms with van der Waals surface area (Å²) in [5, 5.41) is 0. The molecule has 3 aromatic rings. The summed E-state index contributed by atoms with van der Waals surface area (Å²) in [6, 6.07) is 5.23. The van der Waals surface area contributed by atoms with Crippen molar-refractivity contribution in [3.63, 3.8) is 0 Å². The molecule has 29 heavy (non-hydrogen) atoms.